The van der Waals surface area contributed by atoms with Crippen molar-refractivity contribution in [1.29, 1.82) is 0 Å². The molecule has 17 heavy (non-hydrogen) atoms. The van der Waals surface area contributed by atoms with Crippen molar-refractivity contribution >= 4 is 19.7 Å². The summed E-state index contributed by atoms with van der Waals surface area (Å²) in [5, 5.41) is 0. The maximum atomic E-state index is 12.9. The van der Waals surface area contributed by atoms with Crippen LogP contribution in [0.5, 0.6) is 5.75 Å². The largest absolute Gasteiger partial charge is 0.491 e. The fourth-order valence-electron chi connectivity index (χ4n) is 1.13. The molecule has 0 heterocycles. The lowest BCUT2D eigenvalue weighted by atomic mass is 10.3. The van der Waals surface area contributed by atoms with Crippen molar-refractivity contribution in [2.45, 2.75) is 18.2 Å². The summed E-state index contributed by atoms with van der Waals surface area (Å²) in [7, 11) is 1.15. The maximum absolute atomic E-state index is 12.9. The molecule has 0 fully saturated rings. The van der Waals surface area contributed by atoms with E-state index in [1.807, 2.05) is 0 Å². The van der Waals surface area contributed by atoms with Crippen molar-refractivity contribution in [3.05, 3.63) is 24.0 Å². The molecule has 0 N–H and O–H groups in total. The Morgan fingerprint density at radius 2 is 2.18 bits per heavy atom. The zero-order valence-electron chi connectivity index (χ0n) is 9.04. The molecular formula is C11H10ClFO3S. The molecule has 0 aliphatic heterocycles. The first-order chi connectivity index (χ1) is 7.95. The van der Waals surface area contributed by atoms with Crippen molar-refractivity contribution in [3.63, 3.8) is 0 Å². The summed E-state index contributed by atoms with van der Waals surface area (Å²) in [4.78, 5) is -0.372. The molecule has 0 aliphatic carbocycles. The summed E-state index contributed by atoms with van der Waals surface area (Å²) in [5.41, 5.74) is 0. The molecule has 6 heteroatoms. The summed E-state index contributed by atoms with van der Waals surface area (Å²) in [6, 6.07) is 3.15. The van der Waals surface area contributed by atoms with Crippen LogP contribution in [-0.4, -0.2) is 15.0 Å². The molecule has 0 aromatic heterocycles. The third-order valence-electron chi connectivity index (χ3n) is 1.83. The van der Waals surface area contributed by atoms with E-state index >= 15 is 0 Å². The van der Waals surface area contributed by atoms with Crippen LogP contribution >= 0.6 is 10.7 Å². The van der Waals surface area contributed by atoms with Gasteiger partial charge in [0.2, 0.25) is 0 Å². The van der Waals surface area contributed by atoms with Gasteiger partial charge in [0.05, 0.1) is 6.61 Å². The fraction of sp³-hybridized carbons (Fsp3) is 0.273. The Morgan fingerprint density at radius 1 is 1.47 bits per heavy atom. The molecule has 1 rings (SSSR count). The second kappa shape index (κ2) is 5.89. The molecule has 0 saturated heterocycles. The minimum atomic E-state index is -4.03. The molecule has 0 aliphatic rings. The third-order valence-corrected chi connectivity index (χ3v) is 3.17. The van der Waals surface area contributed by atoms with Crippen LogP contribution in [0.3, 0.4) is 0 Å². The lowest BCUT2D eigenvalue weighted by Crippen LogP contribution is -2.02. The van der Waals surface area contributed by atoms with Gasteiger partial charge in [-0.25, -0.2) is 12.8 Å². The van der Waals surface area contributed by atoms with Crippen LogP contribution in [0.4, 0.5) is 4.39 Å². The lowest BCUT2D eigenvalue weighted by molar-refractivity contribution is 0.318. The SMILES string of the molecule is CC#CCCOc1ccc(F)cc1S(=O)(=O)Cl. The summed E-state index contributed by atoms with van der Waals surface area (Å²) in [6.07, 6.45) is 0.454. The maximum Gasteiger partial charge on any atom is 0.265 e. The van der Waals surface area contributed by atoms with Gasteiger partial charge in [-0.1, -0.05) is 0 Å². The third kappa shape index (κ3) is 4.25. The quantitative estimate of drug-likeness (QED) is 0.482. The second-order valence-corrected chi connectivity index (χ2v) is 5.59. The van der Waals surface area contributed by atoms with Crippen molar-refractivity contribution in [2.24, 2.45) is 0 Å². The van der Waals surface area contributed by atoms with Gasteiger partial charge in [0.25, 0.3) is 9.05 Å². The van der Waals surface area contributed by atoms with Gasteiger partial charge in [-0.15, -0.1) is 11.8 Å². The smallest absolute Gasteiger partial charge is 0.265 e. The van der Waals surface area contributed by atoms with E-state index in [-0.39, 0.29) is 17.3 Å². The Balaban J connectivity index is 2.94. The fourth-order valence-corrected chi connectivity index (χ4v) is 2.11. The summed E-state index contributed by atoms with van der Waals surface area (Å²) in [6.45, 7) is 1.90. The van der Waals surface area contributed by atoms with Gasteiger partial charge in [0, 0.05) is 17.1 Å². The molecule has 0 atom stereocenters. The molecule has 0 amide bonds. The number of benzene rings is 1. The van der Waals surface area contributed by atoms with Crippen LogP contribution in [0.2, 0.25) is 0 Å². The van der Waals surface area contributed by atoms with Crippen molar-refractivity contribution in [2.75, 3.05) is 6.61 Å². The van der Waals surface area contributed by atoms with E-state index in [1.165, 1.54) is 6.07 Å². The standard InChI is InChI=1S/C11H10ClFO3S/c1-2-3-4-7-16-10-6-5-9(13)8-11(10)17(12,14)15/h5-6,8H,4,7H2,1H3. The zero-order valence-corrected chi connectivity index (χ0v) is 10.6. The van der Waals surface area contributed by atoms with E-state index in [9.17, 15) is 12.8 Å². The molecule has 0 radical (unpaired) electrons. The van der Waals surface area contributed by atoms with Crippen molar-refractivity contribution in [1.82, 2.24) is 0 Å². The molecule has 0 bridgehead atoms. The normalized spacial score (nSPS) is 10.5. The van der Waals surface area contributed by atoms with E-state index in [0.717, 1.165) is 12.1 Å². The summed E-state index contributed by atoms with van der Waals surface area (Å²) >= 11 is 0. The first kappa shape index (κ1) is 13.8. The van der Waals surface area contributed by atoms with Gasteiger partial charge in [-0.2, -0.15) is 0 Å². The van der Waals surface area contributed by atoms with Crippen molar-refractivity contribution < 1.29 is 17.5 Å². The zero-order chi connectivity index (χ0) is 12.9. The Bertz CT molecular complexity index is 558. The predicted octanol–water partition coefficient (Wildman–Crippen LogP) is 2.55. The Hall–Kier alpha value is -1.25. The van der Waals surface area contributed by atoms with Crippen LogP contribution in [0.15, 0.2) is 23.1 Å². The van der Waals surface area contributed by atoms with Gasteiger partial charge in [0.1, 0.15) is 16.5 Å². The van der Waals surface area contributed by atoms with Crippen LogP contribution in [0, 0.1) is 17.7 Å². The average Bonchev–Trinajstić information content (AvgIpc) is 2.25. The number of hydrogen-bond acceptors (Lipinski definition) is 3. The highest BCUT2D eigenvalue weighted by Gasteiger charge is 2.17. The van der Waals surface area contributed by atoms with Gasteiger partial charge < -0.3 is 4.74 Å². The molecule has 1 aromatic carbocycles. The predicted molar refractivity (Wildman–Crippen MR) is 63.0 cm³/mol. The Morgan fingerprint density at radius 3 is 2.76 bits per heavy atom. The molecule has 3 nitrogen and oxygen atoms in total. The highest BCUT2D eigenvalue weighted by Crippen LogP contribution is 2.27. The van der Waals surface area contributed by atoms with Gasteiger partial charge in [-0.3, -0.25) is 0 Å². The minimum absolute atomic E-state index is 0.0271. The summed E-state index contributed by atoms with van der Waals surface area (Å²) in [5.74, 6) is 4.77. The van der Waals surface area contributed by atoms with E-state index in [2.05, 4.69) is 11.8 Å². The topological polar surface area (TPSA) is 43.4 Å². The summed E-state index contributed by atoms with van der Waals surface area (Å²) < 4.78 is 40.5. The first-order valence-corrected chi connectivity index (χ1v) is 7.02. The van der Waals surface area contributed by atoms with Gasteiger partial charge >= 0.3 is 0 Å². The van der Waals surface area contributed by atoms with Crippen LogP contribution in [0.1, 0.15) is 13.3 Å². The Labute approximate surface area is 104 Å². The number of halogens is 2. The molecule has 1 aromatic rings. The average molecular weight is 277 g/mol. The highest BCUT2D eigenvalue weighted by molar-refractivity contribution is 8.13. The van der Waals surface area contributed by atoms with Crippen LogP contribution in [0.25, 0.3) is 0 Å². The van der Waals surface area contributed by atoms with E-state index < -0.39 is 14.9 Å². The molecule has 0 saturated carbocycles. The van der Waals surface area contributed by atoms with E-state index in [0.29, 0.717) is 6.42 Å². The molecular weight excluding hydrogens is 267 g/mol. The highest BCUT2D eigenvalue weighted by atomic mass is 35.7. The van der Waals surface area contributed by atoms with E-state index in [4.69, 9.17) is 15.4 Å². The van der Waals surface area contributed by atoms with Gasteiger partial charge in [0.15, 0.2) is 0 Å². The number of ether oxygens (including phenoxy) is 1. The number of rotatable bonds is 4. The molecule has 0 unspecified atom stereocenters. The molecule has 0 spiro atoms. The van der Waals surface area contributed by atoms with Crippen LogP contribution in [-0.2, 0) is 9.05 Å². The van der Waals surface area contributed by atoms with E-state index in [1.54, 1.807) is 6.92 Å². The first-order valence-electron chi connectivity index (χ1n) is 4.72. The van der Waals surface area contributed by atoms with Crippen molar-refractivity contribution in [3.8, 4) is 17.6 Å². The number of hydrogen-bond donors (Lipinski definition) is 0. The molecule has 92 valence electrons. The van der Waals surface area contributed by atoms with Crippen LogP contribution < -0.4 is 4.74 Å². The monoisotopic (exact) mass is 276 g/mol. The minimum Gasteiger partial charge on any atom is -0.491 e. The Kier molecular flexibility index (Phi) is 4.79. The van der Waals surface area contributed by atoms with Gasteiger partial charge in [-0.05, 0) is 25.1 Å². The second-order valence-electron chi connectivity index (χ2n) is 3.05. The lowest BCUT2D eigenvalue weighted by Gasteiger charge is -2.08.